The Kier molecular flexibility index (Phi) is 24.6. The topological polar surface area (TPSA) is 64.5 Å². The van der Waals surface area contributed by atoms with E-state index in [2.05, 4.69) is 257 Å². The van der Waals surface area contributed by atoms with E-state index in [1.54, 1.807) is 0 Å². The summed E-state index contributed by atoms with van der Waals surface area (Å²) < 4.78 is 0. The van der Waals surface area contributed by atoms with Gasteiger partial charge in [-0.25, -0.2) is 0 Å². The van der Waals surface area contributed by atoms with Crippen LogP contribution in [-0.2, 0) is 32.1 Å². The minimum absolute atomic E-state index is 0.311. The molecule has 0 amide bonds. The maximum absolute atomic E-state index is 4.72. The molecule has 0 saturated carbocycles. The molecular formula is C70H115N5. The summed E-state index contributed by atoms with van der Waals surface area (Å²) in [6.45, 7) is 77.2. The molecule has 0 saturated heterocycles. The Morgan fingerprint density at radius 2 is 0.387 bits per heavy atom. The maximum Gasteiger partial charge on any atom is 0.0444 e. The van der Waals surface area contributed by atoms with Crippen molar-refractivity contribution in [2.24, 2.45) is 27.1 Å². The summed E-state index contributed by atoms with van der Waals surface area (Å²) in [5, 5.41) is 0. The molecule has 0 aliphatic carbocycles. The Morgan fingerprint density at radius 3 is 0.640 bits per heavy atom. The fourth-order valence-corrected chi connectivity index (χ4v) is 9.49. The Hall–Kier alpha value is -4.25. The lowest BCUT2D eigenvalue weighted by atomic mass is 9.84. The van der Waals surface area contributed by atoms with Gasteiger partial charge in [-0.2, -0.15) is 0 Å². The fraction of sp³-hybridized carbons (Fsp3) is 0.643. The monoisotopic (exact) mass is 1030 g/mol. The predicted molar refractivity (Wildman–Crippen MR) is 332 cm³/mol. The van der Waals surface area contributed by atoms with E-state index in [0.29, 0.717) is 27.1 Å². The van der Waals surface area contributed by atoms with E-state index in [9.17, 15) is 0 Å². The van der Waals surface area contributed by atoms with Crippen LogP contribution in [0.25, 0.3) is 0 Å². The first-order valence-corrected chi connectivity index (χ1v) is 28.3. The lowest BCUT2D eigenvalue weighted by Gasteiger charge is -2.22. The molecule has 0 aliphatic rings. The van der Waals surface area contributed by atoms with Crippen LogP contribution >= 0.6 is 0 Å². The third-order valence-electron chi connectivity index (χ3n) is 15.3. The van der Waals surface area contributed by atoms with Crippen molar-refractivity contribution in [2.45, 2.75) is 274 Å². The molecule has 420 valence electrons. The van der Waals surface area contributed by atoms with Gasteiger partial charge < -0.3 is 0 Å². The molecule has 75 heavy (non-hydrogen) atoms. The van der Waals surface area contributed by atoms with E-state index in [-0.39, 0.29) is 0 Å². The second-order valence-corrected chi connectivity index (χ2v) is 28.8. The van der Waals surface area contributed by atoms with E-state index in [4.69, 9.17) is 9.97 Å². The molecule has 5 nitrogen and oxygen atoms in total. The van der Waals surface area contributed by atoms with Crippen molar-refractivity contribution in [3.8, 4) is 0 Å². The molecule has 0 N–H and O–H groups in total. The van der Waals surface area contributed by atoms with Gasteiger partial charge in [0.2, 0.25) is 0 Å². The maximum atomic E-state index is 4.72. The largest absolute Gasteiger partial charge is 0.258 e. The summed E-state index contributed by atoms with van der Waals surface area (Å²) >= 11 is 0. The molecule has 0 aliphatic heterocycles. The van der Waals surface area contributed by atoms with Gasteiger partial charge in [-0.1, -0.05) is 104 Å². The molecule has 5 aromatic rings. The van der Waals surface area contributed by atoms with Crippen LogP contribution in [0.1, 0.15) is 244 Å². The molecule has 0 unspecified atom stereocenters. The van der Waals surface area contributed by atoms with Gasteiger partial charge in [0.15, 0.2) is 0 Å². The summed E-state index contributed by atoms with van der Waals surface area (Å²) in [5.74, 6) is 0. The number of hydrogen-bond donors (Lipinski definition) is 0. The third-order valence-corrected chi connectivity index (χ3v) is 15.3. The van der Waals surface area contributed by atoms with Gasteiger partial charge in [0.05, 0.1) is 0 Å². The minimum Gasteiger partial charge on any atom is -0.258 e. The van der Waals surface area contributed by atoms with Gasteiger partial charge in [0.1, 0.15) is 0 Å². The SMILES string of the molecule is Cc1nc(C)c(C)c(CC(C)(C)C)c1C.Cc1nc(C)c(CC(C)(C)C)c(C)c1C.Cc1nc(C)c(CC(C)(C)C)c(C)c1C.Cc1nc(CC(C)(C)C)c(C)c(C)c1C.Cc1nc(CC(C)(C)C)c(C)c(C)c1C. The van der Waals surface area contributed by atoms with Gasteiger partial charge in [0.25, 0.3) is 0 Å². The third kappa shape index (κ3) is 22.0. The minimum atomic E-state index is 0.311. The zero-order valence-corrected chi connectivity index (χ0v) is 55.8. The number of rotatable bonds is 5. The first-order chi connectivity index (χ1) is 33.6. The second-order valence-electron chi connectivity index (χ2n) is 28.8. The van der Waals surface area contributed by atoms with E-state index < -0.39 is 0 Å². The highest BCUT2D eigenvalue weighted by Gasteiger charge is 2.21. The van der Waals surface area contributed by atoms with Gasteiger partial charge in [-0.15, -0.1) is 0 Å². The standard InChI is InChI=1S/5C14H23N/c1-9-11(3)15-12(4)10(2)13(9)8-14(5,6)7;2*1-9-10(2)13(8-14(5,6)7)12(4)15-11(9)3;2*1-9-10(2)12(4)15-13(11(9)3)8-14(5,6)7/h5*8H2,1-7H3. The summed E-state index contributed by atoms with van der Waals surface area (Å²) in [7, 11) is 0. The molecule has 0 radical (unpaired) electrons. The van der Waals surface area contributed by atoms with Crippen LogP contribution in [0.15, 0.2) is 0 Å². The first-order valence-electron chi connectivity index (χ1n) is 28.3. The molecular weight excluding hydrogens is 911 g/mol. The molecule has 5 rings (SSSR count). The number of aryl methyl sites for hydroxylation is 8. The zero-order valence-electron chi connectivity index (χ0n) is 55.8. The normalized spacial score (nSPS) is 11.9. The summed E-state index contributed by atoms with van der Waals surface area (Å²) in [5.41, 5.74) is 34.5. The van der Waals surface area contributed by atoms with Crippen LogP contribution in [0.4, 0.5) is 0 Å². The highest BCUT2D eigenvalue weighted by molar-refractivity contribution is 5.42. The molecule has 0 bridgehead atoms. The van der Waals surface area contributed by atoms with Crippen LogP contribution in [0.3, 0.4) is 0 Å². The summed E-state index contributed by atoms with van der Waals surface area (Å²) in [4.78, 5) is 23.2. The number of pyridine rings is 5. The summed E-state index contributed by atoms with van der Waals surface area (Å²) in [6.07, 6.45) is 5.47. The quantitative estimate of drug-likeness (QED) is 0.176. The van der Waals surface area contributed by atoms with Crippen molar-refractivity contribution >= 4 is 0 Å². The van der Waals surface area contributed by atoms with Crippen molar-refractivity contribution in [1.29, 1.82) is 0 Å². The average molecular weight is 1030 g/mol. The Morgan fingerprint density at radius 1 is 0.187 bits per heavy atom. The smallest absolute Gasteiger partial charge is 0.0444 e. The van der Waals surface area contributed by atoms with Crippen LogP contribution in [-0.4, -0.2) is 24.9 Å². The van der Waals surface area contributed by atoms with Crippen LogP contribution in [0.5, 0.6) is 0 Å². The van der Waals surface area contributed by atoms with Crippen LogP contribution in [0.2, 0.25) is 0 Å². The van der Waals surface area contributed by atoms with Crippen molar-refractivity contribution in [3.63, 3.8) is 0 Å². The van der Waals surface area contributed by atoms with Gasteiger partial charge in [-0.3, -0.25) is 24.9 Å². The van der Waals surface area contributed by atoms with E-state index >= 15 is 0 Å². The highest BCUT2D eigenvalue weighted by atomic mass is 14.7. The lowest BCUT2D eigenvalue weighted by molar-refractivity contribution is 0.404. The van der Waals surface area contributed by atoms with E-state index in [0.717, 1.165) is 32.1 Å². The molecule has 5 heteroatoms. The van der Waals surface area contributed by atoms with Crippen LogP contribution in [0, 0.1) is 166 Å². The van der Waals surface area contributed by atoms with Crippen molar-refractivity contribution in [2.75, 3.05) is 0 Å². The first kappa shape index (κ1) is 68.8. The molecule has 5 heterocycles. The van der Waals surface area contributed by atoms with E-state index in [1.165, 1.54) is 140 Å². The Balaban J connectivity index is 0.000000469. The molecule has 0 aromatic carbocycles. The van der Waals surface area contributed by atoms with Crippen molar-refractivity contribution in [3.05, 3.63) is 140 Å². The number of aromatic nitrogens is 5. The van der Waals surface area contributed by atoms with Gasteiger partial charge >= 0.3 is 0 Å². The Labute approximate surface area is 464 Å². The predicted octanol–water partition coefficient (Wildman–Crippen LogP) is 19.5. The fourth-order valence-electron chi connectivity index (χ4n) is 9.49. The molecule has 5 aromatic heterocycles. The van der Waals surface area contributed by atoms with E-state index in [1.807, 2.05) is 0 Å². The number of hydrogen-bond acceptors (Lipinski definition) is 5. The molecule has 0 spiro atoms. The van der Waals surface area contributed by atoms with Gasteiger partial charge in [0, 0.05) is 56.9 Å². The molecule has 0 fully saturated rings. The van der Waals surface area contributed by atoms with Gasteiger partial charge in [-0.05, 0) is 281 Å². The lowest BCUT2D eigenvalue weighted by Crippen LogP contribution is -2.13. The highest BCUT2D eigenvalue weighted by Crippen LogP contribution is 2.31. The zero-order chi connectivity index (χ0) is 59.0. The van der Waals surface area contributed by atoms with Crippen LogP contribution < -0.4 is 0 Å². The molecule has 0 atom stereocenters. The summed E-state index contributed by atoms with van der Waals surface area (Å²) in [6, 6.07) is 0. The van der Waals surface area contributed by atoms with Crippen molar-refractivity contribution < 1.29 is 0 Å². The second kappa shape index (κ2) is 26.9. The van der Waals surface area contributed by atoms with Crippen molar-refractivity contribution in [1.82, 2.24) is 24.9 Å². The average Bonchev–Trinajstić information content (AvgIpc) is 3.24. The number of nitrogens with zero attached hydrogens (tertiary/aromatic N) is 5. The Bertz CT molecular complexity index is 2550.